The van der Waals surface area contributed by atoms with Crippen LogP contribution in [0.25, 0.3) is 0 Å². The average Bonchev–Trinajstić information content (AvgIpc) is 2.26. The highest BCUT2D eigenvalue weighted by Crippen LogP contribution is 2.45. The van der Waals surface area contributed by atoms with Crippen molar-refractivity contribution in [2.24, 2.45) is 0 Å². The first-order valence-electron chi connectivity index (χ1n) is 4.34. The van der Waals surface area contributed by atoms with E-state index in [2.05, 4.69) is 17.0 Å². The van der Waals surface area contributed by atoms with Crippen molar-refractivity contribution < 1.29 is 26.7 Å². The van der Waals surface area contributed by atoms with Crippen molar-refractivity contribution in [1.82, 2.24) is 0 Å². The van der Waals surface area contributed by atoms with Crippen molar-refractivity contribution in [2.75, 3.05) is 7.11 Å². The largest absolute Gasteiger partial charge is 0.486 e. The summed E-state index contributed by atoms with van der Waals surface area (Å²) in [4.78, 5) is 0. The molecule has 0 aliphatic carbocycles. The van der Waals surface area contributed by atoms with Crippen LogP contribution in [0.4, 0.5) is 22.0 Å². The molecule has 1 aromatic rings. The van der Waals surface area contributed by atoms with Gasteiger partial charge in [-0.25, -0.2) is 0 Å². The Bertz CT molecular complexity index is 427. The Balaban J connectivity index is 3.37. The van der Waals surface area contributed by atoms with Gasteiger partial charge in [0, 0.05) is 11.1 Å². The Labute approximate surface area is 99.2 Å². The second-order valence-corrected chi connectivity index (χ2v) is 3.48. The lowest BCUT2D eigenvalue weighted by Crippen LogP contribution is -2.35. The molecule has 0 saturated carbocycles. The van der Waals surface area contributed by atoms with Crippen LogP contribution in [0.2, 0.25) is 0 Å². The van der Waals surface area contributed by atoms with Crippen LogP contribution in [0.5, 0.6) is 0 Å². The van der Waals surface area contributed by atoms with E-state index in [4.69, 9.17) is 0 Å². The van der Waals surface area contributed by atoms with Crippen LogP contribution in [0.3, 0.4) is 0 Å². The molecule has 7 heteroatoms. The minimum atomic E-state index is -5.67. The number of hydrogen-bond acceptors (Lipinski definition) is 2. The summed E-state index contributed by atoms with van der Waals surface area (Å²) in [7, 11) is 1.10. The van der Waals surface area contributed by atoms with Crippen molar-refractivity contribution in [1.29, 1.82) is 0 Å². The zero-order valence-electron chi connectivity index (χ0n) is 8.52. The predicted molar refractivity (Wildman–Crippen MR) is 55.1 cm³/mol. The van der Waals surface area contributed by atoms with Crippen LogP contribution in [0.15, 0.2) is 24.3 Å². The third-order valence-electron chi connectivity index (χ3n) is 2.03. The molecule has 0 saturated heterocycles. The van der Waals surface area contributed by atoms with Crippen LogP contribution in [-0.2, 0) is 10.7 Å². The number of alkyl halides is 5. The molecule has 0 atom stereocenters. The van der Waals surface area contributed by atoms with Crippen LogP contribution in [0.1, 0.15) is 11.1 Å². The van der Waals surface area contributed by atoms with Gasteiger partial charge in [-0.1, -0.05) is 18.2 Å². The molecule has 0 aliphatic heterocycles. The Hall–Kier alpha value is -1.24. The number of benzene rings is 1. The fraction of sp³-hybridized carbons (Fsp3) is 0.300. The van der Waals surface area contributed by atoms with Crippen molar-refractivity contribution in [3.63, 3.8) is 0 Å². The summed E-state index contributed by atoms with van der Waals surface area (Å²) in [6.07, 6.45) is -5.67. The number of ether oxygens (including phenoxy) is 1. The van der Waals surface area contributed by atoms with Gasteiger partial charge >= 0.3 is 12.1 Å². The Morgan fingerprint density at radius 1 is 1.12 bits per heavy atom. The van der Waals surface area contributed by atoms with Gasteiger partial charge in [0.1, 0.15) is 0 Å². The fourth-order valence-corrected chi connectivity index (χ4v) is 1.38. The molecule has 0 unspecified atom stereocenters. The van der Waals surface area contributed by atoms with Gasteiger partial charge in [-0.15, -0.1) is 0 Å². The fourth-order valence-electron chi connectivity index (χ4n) is 1.20. The molecule has 1 aromatic carbocycles. The number of rotatable bonds is 2. The second-order valence-electron chi connectivity index (χ2n) is 3.11. The molecule has 0 N–H and O–H groups in total. The molecule has 0 heterocycles. The molecule has 0 amide bonds. The number of thiocarbonyl (C=S) groups is 1. The number of methoxy groups -OCH3 is 1. The first-order valence-corrected chi connectivity index (χ1v) is 4.75. The van der Waals surface area contributed by atoms with Crippen molar-refractivity contribution in [2.45, 2.75) is 12.1 Å². The lowest BCUT2D eigenvalue weighted by molar-refractivity contribution is -0.289. The third kappa shape index (κ3) is 2.54. The summed E-state index contributed by atoms with van der Waals surface area (Å²) in [6, 6.07) is 4.11. The monoisotopic (exact) mass is 270 g/mol. The van der Waals surface area contributed by atoms with Crippen LogP contribution in [-0.4, -0.2) is 18.3 Å². The molecule has 0 aromatic heterocycles. The van der Waals surface area contributed by atoms with E-state index in [0.717, 1.165) is 19.2 Å². The van der Waals surface area contributed by atoms with Crippen molar-refractivity contribution >= 4 is 17.3 Å². The smallest absolute Gasteiger partial charge is 0.458 e. The van der Waals surface area contributed by atoms with E-state index in [-0.39, 0.29) is 0 Å². The lowest BCUT2D eigenvalue weighted by atomic mass is 10.0. The molecular formula is C10H7F5OS. The highest BCUT2D eigenvalue weighted by molar-refractivity contribution is 7.80. The molecule has 0 spiro atoms. The quantitative estimate of drug-likeness (QED) is 0.599. The molecule has 0 radical (unpaired) electrons. The topological polar surface area (TPSA) is 9.23 Å². The van der Waals surface area contributed by atoms with Crippen molar-refractivity contribution in [3.8, 4) is 0 Å². The maximum atomic E-state index is 13.2. The maximum absolute atomic E-state index is 13.2. The zero-order valence-corrected chi connectivity index (χ0v) is 9.33. The van der Waals surface area contributed by atoms with Gasteiger partial charge in [0.2, 0.25) is 0 Å². The third-order valence-corrected chi connectivity index (χ3v) is 2.41. The van der Waals surface area contributed by atoms with E-state index in [1.165, 1.54) is 6.07 Å². The minimum absolute atomic E-state index is 0.412. The van der Waals surface area contributed by atoms with E-state index in [1.54, 1.807) is 0 Å². The van der Waals surface area contributed by atoms with Gasteiger partial charge in [0.05, 0.1) is 7.11 Å². The second kappa shape index (κ2) is 4.56. The highest BCUT2D eigenvalue weighted by atomic mass is 32.1. The summed E-state index contributed by atoms with van der Waals surface area (Å²) >= 11 is 4.58. The summed E-state index contributed by atoms with van der Waals surface area (Å²) in [5.41, 5.74) is -1.65. The van der Waals surface area contributed by atoms with Gasteiger partial charge < -0.3 is 4.74 Å². The van der Waals surface area contributed by atoms with Gasteiger partial charge in [0.25, 0.3) is 0 Å². The summed E-state index contributed by atoms with van der Waals surface area (Å²) in [6.45, 7) is 0. The predicted octanol–water partition coefficient (Wildman–Crippen LogP) is 3.66. The zero-order chi connectivity index (χ0) is 13.3. The van der Waals surface area contributed by atoms with Crippen LogP contribution in [0, 0.1) is 0 Å². The maximum Gasteiger partial charge on any atom is 0.458 e. The normalized spacial score (nSPS) is 12.4. The molecule has 0 bridgehead atoms. The summed E-state index contributed by atoms with van der Waals surface area (Å²) in [5.74, 6) is -4.97. The minimum Gasteiger partial charge on any atom is -0.486 e. The highest BCUT2D eigenvalue weighted by Gasteiger charge is 2.59. The molecule has 1 rings (SSSR count). The standard InChI is InChI=1S/C10H7F5OS/c1-16-8(17)6-4-2-3-5-7(6)9(11,12)10(13,14)15/h2-5H,1H3. The van der Waals surface area contributed by atoms with Gasteiger partial charge in [-0.2, -0.15) is 22.0 Å². The molecule has 0 fully saturated rings. The van der Waals surface area contributed by atoms with Crippen molar-refractivity contribution in [3.05, 3.63) is 35.4 Å². The molecule has 1 nitrogen and oxygen atoms in total. The molecule has 17 heavy (non-hydrogen) atoms. The lowest BCUT2D eigenvalue weighted by Gasteiger charge is -2.22. The molecule has 94 valence electrons. The first kappa shape index (κ1) is 13.8. The number of hydrogen-bond donors (Lipinski definition) is 0. The summed E-state index contributed by atoms with van der Waals surface area (Å²) < 4.78 is 67.6. The molecule has 0 aliphatic rings. The van der Waals surface area contributed by atoms with Crippen LogP contribution >= 0.6 is 12.2 Å². The number of halogens is 5. The van der Waals surface area contributed by atoms with Crippen LogP contribution < -0.4 is 0 Å². The molecular weight excluding hydrogens is 263 g/mol. The van der Waals surface area contributed by atoms with E-state index < -0.39 is 28.3 Å². The van der Waals surface area contributed by atoms with Gasteiger partial charge in [-0.3, -0.25) is 0 Å². The summed E-state index contributed by atoms with van der Waals surface area (Å²) in [5, 5.41) is -0.412. The Morgan fingerprint density at radius 2 is 1.65 bits per heavy atom. The Kier molecular flexibility index (Phi) is 3.71. The first-order chi connectivity index (χ1) is 7.71. The van der Waals surface area contributed by atoms with Gasteiger partial charge in [-0.05, 0) is 18.3 Å². The van der Waals surface area contributed by atoms with E-state index in [9.17, 15) is 22.0 Å². The average molecular weight is 270 g/mol. The van der Waals surface area contributed by atoms with Gasteiger partial charge in [0.15, 0.2) is 5.05 Å². The Morgan fingerprint density at radius 3 is 2.12 bits per heavy atom. The van der Waals surface area contributed by atoms with E-state index in [0.29, 0.717) is 6.07 Å². The van der Waals surface area contributed by atoms with E-state index in [1.807, 2.05) is 0 Å². The SMILES string of the molecule is COC(=S)c1ccccc1C(F)(F)C(F)(F)F. The van der Waals surface area contributed by atoms with E-state index >= 15 is 0 Å².